The molecule has 0 saturated heterocycles. The third-order valence-electron chi connectivity index (χ3n) is 6.57. The van der Waals surface area contributed by atoms with Gasteiger partial charge in [-0.1, -0.05) is 0 Å². The Morgan fingerprint density at radius 3 is 0.857 bits per heavy atom. The van der Waals surface area contributed by atoms with E-state index in [9.17, 15) is 0 Å². The second-order valence-electron chi connectivity index (χ2n) is 7.10. The van der Waals surface area contributed by atoms with E-state index in [0.717, 1.165) is 15.0 Å². The average molecular weight is 325 g/mol. The molecule has 0 unspecified atom stereocenters. The molecule has 0 aromatic heterocycles. The molecule has 117 valence electrons. The summed E-state index contributed by atoms with van der Waals surface area (Å²) in [4.78, 5) is 0. The van der Waals surface area contributed by atoms with Gasteiger partial charge in [-0.05, 0) is 0 Å². The summed E-state index contributed by atoms with van der Waals surface area (Å²) in [6.45, 7) is 23.5. The summed E-state index contributed by atoms with van der Waals surface area (Å²) in [6, 6.07) is 0. The first kappa shape index (κ1) is 16.8. The summed E-state index contributed by atoms with van der Waals surface area (Å²) >= 11 is 0.840. The minimum atomic E-state index is 0.236. The van der Waals surface area contributed by atoms with Crippen molar-refractivity contribution in [2.75, 3.05) is 0 Å². The van der Waals surface area contributed by atoms with Gasteiger partial charge in [-0.25, -0.2) is 0 Å². The van der Waals surface area contributed by atoms with Crippen LogP contribution in [0.1, 0.15) is 69.2 Å². The van der Waals surface area contributed by atoms with E-state index < -0.39 is 0 Å². The van der Waals surface area contributed by atoms with Crippen molar-refractivity contribution in [1.82, 2.24) is 0 Å². The van der Waals surface area contributed by atoms with Crippen LogP contribution in [0.2, 0.25) is 8.63 Å². The fourth-order valence-corrected chi connectivity index (χ4v) is 6.71. The van der Waals surface area contributed by atoms with E-state index in [4.69, 9.17) is 0 Å². The topological polar surface area (TPSA) is 0 Å². The zero-order chi connectivity index (χ0) is 16.3. The van der Waals surface area contributed by atoms with E-state index >= 15 is 0 Å². The van der Waals surface area contributed by atoms with Gasteiger partial charge in [0.1, 0.15) is 0 Å². The molecule has 2 aliphatic carbocycles. The molecule has 0 radical (unpaired) electrons. The van der Waals surface area contributed by atoms with Gasteiger partial charge in [0.15, 0.2) is 0 Å². The first-order valence-corrected chi connectivity index (χ1v) is 9.06. The number of hydrogen-bond acceptors (Lipinski definition) is 0. The van der Waals surface area contributed by atoms with Crippen LogP contribution in [0.25, 0.3) is 0 Å². The van der Waals surface area contributed by atoms with Gasteiger partial charge in [-0.2, -0.15) is 0 Å². The molecule has 0 spiro atoms. The first-order valence-electron chi connectivity index (χ1n) is 7.88. The minimum absolute atomic E-state index is 0.236. The molecule has 0 bridgehead atoms. The average Bonchev–Trinajstić information content (AvgIpc) is 2.67. The van der Waals surface area contributed by atoms with Crippen LogP contribution in [0.5, 0.6) is 0 Å². The molecule has 0 aromatic rings. The van der Waals surface area contributed by atoms with Crippen molar-refractivity contribution in [3.63, 3.8) is 0 Å². The van der Waals surface area contributed by atoms with Crippen LogP contribution in [0.3, 0.4) is 0 Å². The van der Waals surface area contributed by atoms with E-state index in [-0.39, 0.29) is 8.63 Å². The molecule has 0 nitrogen and oxygen atoms in total. The van der Waals surface area contributed by atoms with Gasteiger partial charge in [0.25, 0.3) is 0 Å². The molecule has 0 N–H and O–H groups in total. The fraction of sp³-hybridized carbons (Fsp3) is 0.600. The fourth-order valence-electron chi connectivity index (χ4n) is 3.76. The standard InChI is InChI=1S/2C10H15.Mn/c2*1-6-7(2)9(4)10(5)8(6)3;/h2*1-5H3;. The van der Waals surface area contributed by atoms with Crippen molar-refractivity contribution >= 4 is 0 Å². The van der Waals surface area contributed by atoms with E-state index in [1.165, 1.54) is 22.3 Å². The molecule has 2 rings (SSSR count). The molecule has 0 aliphatic heterocycles. The third kappa shape index (κ3) is 2.08. The molecule has 0 atom stereocenters. The Hall–Kier alpha value is -0.521. The summed E-state index contributed by atoms with van der Waals surface area (Å²) in [7, 11) is 0. The van der Waals surface area contributed by atoms with Crippen molar-refractivity contribution in [1.29, 1.82) is 0 Å². The molecule has 0 heterocycles. The van der Waals surface area contributed by atoms with Gasteiger partial charge in [0, 0.05) is 0 Å². The summed E-state index contributed by atoms with van der Waals surface area (Å²) in [5.74, 6) is 0. The van der Waals surface area contributed by atoms with Crippen LogP contribution in [0.4, 0.5) is 0 Å². The number of rotatable bonds is 2. The summed E-state index contributed by atoms with van der Waals surface area (Å²) in [5, 5.41) is 0. The van der Waals surface area contributed by atoms with Crippen LogP contribution in [0, 0.1) is 0 Å². The van der Waals surface area contributed by atoms with Crippen molar-refractivity contribution in [2.45, 2.75) is 77.9 Å². The Morgan fingerprint density at radius 2 is 0.667 bits per heavy atom. The Morgan fingerprint density at radius 1 is 0.476 bits per heavy atom. The van der Waals surface area contributed by atoms with Crippen LogP contribution in [-0.4, -0.2) is 0 Å². The maximum atomic E-state index is 2.46. The van der Waals surface area contributed by atoms with Gasteiger partial charge >= 0.3 is 137 Å². The van der Waals surface area contributed by atoms with E-state index in [1.807, 2.05) is 0 Å². The van der Waals surface area contributed by atoms with Gasteiger partial charge in [-0.15, -0.1) is 0 Å². The molecule has 0 fully saturated rings. The normalized spacial score (nSPS) is 24.9. The second-order valence-corrected chi connectivity index (χ2v) is 9.76. The maximum absolute atomic E-state index is 2.46. The van der Waals surface area contributed by atoms with Crippen molar-refractivity contribution < 1.29 is 15.0 Å². The zero-order valence-electron chi connectivity index (χ0n) is 15.4. The first-order chi connectivity index (χ1) is 9.48. The number of allylic oxidation sites excluding steroid dienone is 8. The van der Waals surface area contributed by atoms with Crippen molar-refractivity contribution in [3.8, 4) is 0 Å². The predicted octanol–water partition coefficient (Wildman–Crippen LogP) is 6.80. The van der Waals surface area contributed by atoms with Gasteiger partial charge in [-0.3, -0.25) is 0 Å². The van der Waals surface area contributed by atoms with Crippen LogP contribution in [0.15, 0.2) is 44.6 Å². The van der Waals surface area contributed by atoms with Gasteiger partial charge < -0.3 is 0 Å². The van der Waals surface area contributed by atoms with Crippen molar-refractivity contribution in [2.24, 2.45) is 0 Å². The van der Waals surface area contributed by atoms with E-state index in [2.05, 4.69) is 69.2 Å². The molecule has 21 heavy (non-hydrogen) atoms. The molecule has 0 saturated carbocycles. The third-order valence-corrected chi connectivity index (χ3v) is 9.52. The molecular formula is C20H30Mn. The quantitative estimate of drug-likeness (QED) is 0.490. The molecule has 2 aliphatic rings. The summed E-state index contributed by atoms with van der Waals surface area (Å²) in [6.07, 6.45) is 0. The zero-order valence-corrected chi connectivity index (χ0v) is 16.6. The summed E-state index contributed by atoms with van der Waals surface area (Å²) < 4.78 is 0.472. The molecule has 0 amide bonds. The van der Waals surface area contributed by atoms with E-state index in [1.54, 1.807) is 22.3 Å². The monoisotopic (exact) mass is 325 g/mol. The Kier molecular flexibility index (Phi) is 4.01. The van der Waals surface area contributed by atoms with E-state index in [0.29, 0.717) is 0 Å². The Bertz CT molecular complexity index is 531. The van der Waals surface area contributed by atoms with Crippen LogP contribution >= 0.6 is 0 Å². The van der Waals surface area contributed by atoms with Crippen LogP contribution in [-0.2, 0) is 15.0 Å². The SMILES string of the molecule is CC1=C(C)[C](C)([Mn][C]2(C)C(C)=C(C)C(C)=C2C)C(C)=C1C. The second kappa shape index (κ2) is 5.00. The molecule has 0 aromatic carbocycles. The Balaban J connectivity index is 2.54. The molecular weight excluding hydrogens is 295 g/mol. The van der Waals surface area contributed by atoms with Crippen molar-refractivity contribution in [3.05, 3.63) is 44.6 Å². The Labute approximate surface area is 137 Å². The van der Waals surface area contributed by atoms with Gasteiger partial charge in [0.2, 0.25) is 0 Å². The molecule has 1 heteroatoms. The van der Waals surface area contributed by atoms with Crippen LogP contribution < -0.4 is 0 Å². The summed E-state index contributed by atoms with van der Waals surface area (Å²) in [5.41, 5.74) is 12.4. The number of hydrogen-bond donors (Lipinski definition) is 0. The van der Waals surface area contributed by atoms with Gasteiger partial charge in [0.05, 0.1) is 0 Å². The predicted molar refractivity (Wildman–Crippen MR) is 90.2 cm³/mol.